The molecule has 0 radical (unpaired) electrons. The first-order valence-corrected chi connectivity index (χ1v) is 8.29. The van der Waals surface area contributed by atoms with E-state index in [2.05, 4.69) is 25.4 Å². The Morgan fingerprint density at radius 3 is 2.59 bits per heavy atom. The number of aromatic nitrogens is 6. The summed E-state index contributed by atoms with van der Waals surface area (Å²) in [5.74, 6) is -0.917. The van der Waals surface area contributed by atoms with Crippen LogP contribution in [0.15, 0.2) is 61.1 Å². The highest BCUT2D eigenvalue weighted by molar-refractivity contribution is 5.48. The third-order valence-corrected chi connectivity index (χ3v) is 3.98. The van der Waals surface area contributed by atoms with Gasteiger partial charge in [0.1, 0.15) is 11.5 Å². The highest BCUT2D eigenvalue weighted by Crippen LogP contribution is 2.18. The zero-order valence-electron chi connectivity index (χ0n) is 14.1. The van der Waals surface area contributed by atoms with E-state index in [1.165, 1.54) is 35.3 Å². The summed E-state index contributed by atoms with van der Waals surface area (Å²) < 4.78 is 27.9. The highest BCUT2D eigenvalue weighted by atomic mass is 19.1. The van der Waals surface area contributed by atoms with Crippen LogP contribution in [0.3, 0.4) is 0 Å². The molecule has 0 saturated heterocycles. The minimum Gasteiger partial charge on any atom is -0.264 e. The van der Waals surface area contributed by atoms with Gasteiger partial charge in [-0.3, -0.25) is 4.98 Å². The van der Waals surface area contributed by atoms with Gasteiger partial charge in [-0.15, -0.1) is 15.0 Å². The van der Waals surface area contributed by atoms with Gasteiger partial charge in [0.25, 0.3) is 0 Å². The number of hydrogen-bond acceptors (Lipinski definition) is 5. The van der Waals surface area contributed by atoms with Gasteiger partial charge in [-0.1, -0.05) is 6.07 Å². The van der Waals surface area contributed by atoms with E-state index in [4.69, 9.17) is 0 Å². The maximum atomic E-state index is 14.1. The zero-order valence-corrected chi connectivity index (χ0v) is 14.1. The summed E-state index contributed by atoms with van der Waals surface area (Å²) in [5.41, 5.74) is 2.26. The molecule has 0 fully saturated rings. The van der Waals surface area contributed by atoms with Gasteiger partial charge in [-0.2, -0.15) is 0 Å². The van der Waals surface area contributed by atoms with Crippen molar-refractivity contribution < 1.29 is 8.78 Å². The van der Waals surface area contributed by atoms with Gasteiger partial charge >= 0.3 is 0 Å². The molecular weight excluding hydrogens is 350 g/mol. The predicted molar refractivity (Wildman–Crippen MR) is 93.9 cm³/mol. The fourth-order valence-electron chi connectivity index (χ4n) is 2.70. The van der Waals surface area contributed by atoms with Crippen LogP contribution in [0.2, 0.25) is 0 Å². The summed E-state index contributed by atoms with van der Waals surface area (Å²) in [6, 6.07) is 11.1. The summed E-state index contributed by atoms with van der Waals surface area (Å²) in [4.78, 5) is 9.16. The van der Waals surface area contributed by atoms with Crippen molar-refractivity contribution in [2.75, 3.05) is 0 Å². The Labute approximate surface area is 153 Å². The molecule has 4 aromatic rings. The van der Waals surface area contributed by atoms with E-state index < -0.39 is 11.6 Å². The average molecular weight is 364 g/mol. The van der Waals surface area contributed by atoms with Gasteiger partial charge < -0.3 is 0 Å². The van der Waals surface area contributed by atoms with Crippen LogP contribution in [0.4, 0.5) is 8.78 Å². The van der Waals surface area contributed by atoms with Crippen LogP contribution in [0, 0.1) is 11.6 Å². The number of halogens is 2. The first-order valence-electron chi connectivity index (χ1n) is 8.29. The fourth-order valence-corrected chi connectivity index (χ4v) is 2.70. The molecule has 0 aliphatic heterocycles. The molecule has 6 nitrogen and oxygen atoms in total. The Bertz CT molecular complexity index is 1060. The van der Waals surface area contributed by atoms with E-state index in [0.717, 1.165) is 17.5 Å². The minimum absolute atomic E-state index is 0.00282. The molecule has 0 N–H and O–H groups in total. The van der Waals surface area contributed by atoms with E-state index in [1.807, 2.05) is 12.1 Å². The van der Waals surface area contributed by atoms with Gasteiger partial charge in [0, 0.05) is 24.7 Å². The van der Waals surface area contributed by atoms with Crippen LogP contribution in [-0.4, -0.2) is 30.2 Å². The van der Waals surface area contributed by atoms with E-state index in [0.29, 0.717) is 12.1 Å². The van der Waals surface area contributed by atoms with E-state index in [1.54, 1.807) is 18.5 Å². The van der Waals surface area contributed by atoms with Crippen molar-refractivity contribution in [1.29, 1.82) is 0 Å². The molecule has 134 valence electrons. The molecule has 8 heteroatoms. The molecule has 3 heterocycles. The lowest BCUT2D eigenvalue weighted by molar-refractivity contribution is 0.617. The molecule has 0 amide bonds. The Morgan fingerprint density at radius 2 is 1.78 bits per heavy atom. The molecule has 0 bridgehead atoms. The molecule has 0 unspecified atom stereocenters. The first kappa shape index (κ1) is 16.9. The van der Waals surface area contributed by atoms with Crippen molar-refractivity contribution in [2.45, 2.75) is 12.8 Å². The first-order chi connectivity index (χ1) is 13.2. The van der Waals surface area contributed by atoms with Crippen molar-refractivity contribution in [2.24, 2.45) is 0 Å². The smallest absolute Gasteiger partial charge is 0.226 e. The van der Waals surface area contributed by atoms with Gasteiger partial charge in [0.15, 0.2) is 5.82 Å². The summed E-state index contributed by atoms with van der Waals surface area (Å²) in [5, 5.41) is 11.8. The maximum absolute atomic E-state index is 14.1. The van der Waals surface area contributed by atoms with E-state index >= 15 is 0 Å². The second kappa shape index (κ2) is 7.36. The number of pyridine rings is 2. The Balaban J connectivity index is 1.59. The van der Waals surface area contributed by atoms with Crippen LogP contribution in [-0.2, 0) is 12.8 Å². The van der Waals surface area contributed by atoms with Crippen molar-refractivity contribution in [3.63, 3.8) is 0 Å². The lowest BCUT2D eigenvalue weighted by Gasteiger charge is -2.05. The molecular formula is C19H14F2N6. The Kier molecular flexibility index (Phi) is 4.61. The topological polar surface area (TPSA) is 69.4 Å². The van der Waals surface area contributed by atoms with Gasteiger partial charge in [0.05, 0.1) is 5.69 Å². The number of tetrazole rings is 1. The second-order valence-electron chi connectivity index (χ2n) is 5.92. The maximum Gasteiger partial charge on any atom is 0.226 e. The SMILES string of the molecule is Fc1cc(CCc2cccnc2)cc(-n2nnc(-c3ncccc3F)n2)c1. The summed E-state index contributed by atoms with van der Waals surface area (Å²) in [6.07, 6.45) is 6.30. The molecule has 3 aromatic heterocycles. The Morgan fingerprint density at radius 1 is 0.926 bits per heavy atom. The van der Waals surface area contributed by atoms with Crippen molar-refractivity contribution >= 4 is 0 Å². The average Bonchev–Trinajstić information content (AvgIpc) is 3.17. The third-order valence-electron chi connectivity index (χ3n) is 3.98. The van der Waals surface area contributed by atoms with Crippen LogP contribution in [0.25, 0.3) is 17.2 Å². The second-order valence-corrected chi connectivity index (χ2v) is 5.92. The molecule has 0 spiro atoms. The van der Waals surface area contributed by atoms with Crippen molar-refractivity contribution in [3.8, 4) is 17.2 Å². The molecule has 0 aliphatic carbocycles. The van der Waals surface area contributed by atoms with Crippen molar-refractivity contribution in [3.05, 3.63) is 83.8 Å². The van der Waals surface area contributed by atoms with Crippen molar-refractivity contribution in [1.82, 2.24) is 30.2 Å². The number of benzene rings is 1. The summed E-state index contributed by atoms with van der Waals surface area (Å²) >= 11 is 0. The normalized spacial score (nSPS) is 10.9. The minimum atomic E-state index is -0.548. The number of aryl methyl sites for hydroxylation is 2. The molecule has 0 saturated carbocycles. The Hall–Kier alpha value is -3.55. The van der Waals surface area contributed by atoms with E-state index in [9.17, 15) is 8.78 Å². The summed E-state index contributed by atoms with van der Waals surface area (Å²) in [7, 11) is 0. The third kappa shape index (κ3) is 3.84. The highest BCUT2D eigenvalue weighted by Gasteiger charge is 2.14. The van der Waals surface area contributed by atoms with Crippen LogP contribution >= 0.6 is 0 Å². The van der Waals surface area contributed by atoms with Gasteiger partial charge in [-0.05, 0) is 59.5 Å². The molecule has 1 aromatic carbocycles. The van der Waals surface area contributed by atoms with Gasteiger partial charge in [-0.25, -0.2) is 13.8 Å². The van der Waals surface area contributed by atoms with Crippen LogP contribution < -0.4 is 0 Å². The number of rotatable bonds is 5. The fraction of sp³-hybridized carbons (Fsp3) is 0.105. The molecule has 0 aliphatic rings. The lowest BCUT2D eigenvalue weighted by atomic mass is 10.1. The molecule has 27 heavy (non-hydrogen) atoms. The lowest BCUT2D eigenvalue weighted by Crippen LogP contribution is -2.02. The largest absolute Gasteiger partial charge is 0.264 e. The monoisotopic (exact) mass is 364 g/mol. The quantitative estimate of drug-likeness (QED) is 0.544. The van der Waals surface area contributed by atoms with Crippen LogP contribution in [0.1, 0.15) is 11.1 Å². The standard InChI is InChI=1S/C19H14F2N6/c20-15-9-14(6-5-13-3-1-7-22-12-13)10-16(11-15)27-25-19(24-26-27)18-17(21)4-2-8-23-18/h1-4,7-12H,5-6H2. The van der Waals surface area contributed by atoms with Crippen LogP contribution in [0.5, 0.6) is 0 Å². The number of hydrogen-bond donors (Lipinski definition) is 0. The summed E-state index contributed by atoms with van der Waals surface area (Å²) in [6.45, 7) is 0. The van der Waals surface area contributed by atoms with E-state index in [-0.39, 0.29) is 11.5 Å². The number of nitrogens with zero attached hydrogens (tertiary/aromatic N) is 6. The molecule has 0 atom stereocenters. The molecule has 4 rings (SSSR count). The predicted octanol–water partition coefficient (Wildman–Crippen LogP) is 3.18. The zero-order chi connectivity index (χ0) is 18.6. The van der Waals surface area contributed by atoms with Gasteiger partial charge in [0.2, 0.25) is 5.82 Å².